The molecule has 17 heavy (non-hydrogen) atoms. The Bertz CT molecular complexity index is 289. The summed E-state index contributed by atoms with van der Waals surface area (Å²) >= 11 is 0. The first-order valence-corrected chi connectivity index (χ1v) is 6.09. The highest BCUT2D eigenvalue weighted by Crippen LogP contribution is 2.24. The summed E-state index contributed by atoms with van der Waals surface area (Å²) < 4.78 is 0. The van der Waals surface area contributed by atoms with Gasteiger partial charge in [0.1, 0.15) is 0 Å². The van der Waals surface area contributed by atoms with Gasteiger partial charge in [-0.2, -0.15) is 0 Å². The van der Waals surface area contributed by atoms with E-state index >= 15 is 0 Å². The van der Waals surface area contributed by atoms with Crippen LogP contribution in [-0.2, 0) is 4.79 Å². The van der Waals surface area contributed by atoms with Crippen LogP contribution in [0, 0.1) is 5.41 Å². The molecule has 0 aromatic heterocycles. The van der Waals surface area contributed by atoms with E-state index in [9.17, 15) is 4.79 Å². The Morgan fingerprint density at radius 3 is 2.71 bits per heavy atom. The zero-order valence-electron chi connectivity index (χ0n) is 11.1. The molecule has 4 heteroatoms. The van der Waals surface area contributed by atoms with Crippen LogP contribution in [-0.4, -0.2) is 60.1 Å². The van der Waals surface area contributed by atoms with E-state index in [2.05, 4.69) is 37.3 Å². The molecule has 4 nitrogen and oxygen atoms in total. The maximum absolute atomic E-state index is 10.9. The number of hydrogen-bond acceptors (Lipinski definition) is 3. The van der Waals surface area contributed by atoms with Crippen LogP contribution in [0.1, 0.15) is 20.3 Å². The number of carbonyl (C=O) groups is 1. The van der Waals surface area contributed by atoms with Crippen LogP contribution in [0.3, 0.4) is 0 Å². The van der Waals surface area contributed by atoms with Crippen LogP contribution in [0.5, 0.6) is 0 Å². The van der Waals surface area contributed by atoms with Gasteiger partial charge >= 0.3 is 5.97 Å². The highest BCUT2D eigenvalue weighted by atomic mass is 16.4. The van der Waals surface area contributed by atoms with Crippen molar-refractivity contribution in [1.82, 2.24) is 9.80 Å². The van der Waals surface area contributed by atoms with Gasteiger partial charge in [0.05, 0.1) is 6.42 Å². The zero-order valence-corrected chi connectivity index (χ0v) is 11.1. The standard InChI is InChI=1S/C13H24N2O2/c1-5-6-15-10-13(2,3)9-14(4)8-11(15)7-12(16)17/h5,11H,1,6-10H2,2-4H3,(H,16,17). The van der Waals surface area contributed by atoms with Crippen LogP contribution < -0.4 is 0 Å². The fourth-order valence-electron chi connectivity index (χ4n) is 2.77. The summed E-state index contributed by atoms with van der Waals surface area (Å²) in [6.07, 6.45) is 2.06. The lowest BCUT2D eigenvalue weighted by Gasteiger charge is -2.32. The fourth-order valence-corrected chi connectivity index (χ4v) is 2.77. The highest BCUT2D eigenvalue weighted by Gasteiger charge is 2.33. The lowest BCUT2D eigenvalue weighted by atomic mass is 9.92. The maximum atomic E-state index is 10.9. The summed E-state index contributed by atoms with van der Waals surface area (Å²) in [6, 6.07) is 0.0808. The third-order valence-corrected chi connectivity index (χ3v) is 3.14. The van der Waals surface area contributed by atoms with E-state index in [4.69, 9.17) is 5.11 Å². The monoisotopic (exact) mass is 240 g/mol. The molecule has 1 unspecified atom stereocenters. The van der Waals surface area contributed by atoms with Crippen molar-refractivity contribution in [2.75, 3.05) is 33.2 Å². The third kappa shape index (κ3) is 4.48. The van der Waals surface area contributed by atoms with E-state index in [1.165, 1.54) is 0 Å². The van der Waals surface area contributed by atoms with Gasteiger partial charge in [-0.15, -0.1) is 6.58 Å². The third-order valence-electron chi connectivity index (χ3n) is 3.14. The van der Waals surface area contributed by atoms with Crippen LogP contribution in [0.15, 0.2) is 12.7 Å². The number of nitrogens with zero attached hydrogens (tertiary/aromatic N) is 2. The minimum atomic E-state index is -0.725. The molecule has 0 aliphatic carbocycles. The van der Waals surface area contributed by atoms with Crippen molar-refractivity contribution in [2.45, 2.75) is 26.3 Å². The number of carboxylic acids is 1. The van der Waals surface area contributed by atoms with Crippen LogP contribution in [0.25, 0.3) is 0 Å². The van der Waals surface area contributed by atoms with Crippen molar-refractivity contribution in [3.05, 3.63) is 12.7 Å². The molecule has 0 spiro atoms. The Balaban J connectivity index is 2.83. The lowest BCUT2D eigenvalue weighted by Crippen LogP contribution is -2.42. The van der Waals surface area contributed by atoms with Crippen molar-refractivity contribution in [3.8, 4) is 0 Å². The van der Waals surface area contributed by atoms with E-state index in [0.717, 1.165) is 26.2 Å². The molecule has 0 radical (unpaired) electrons. The molecule has 0 saturated carbocycles. The predicted octanol–water partition coefficient (Wildman–Crippen LogP) is 1.29. The second-order valence-electron chi connectivity index (χ2n) is 5.83. The number of likely N-dealkylation sites (N-methyl/N-ethyl adjacent to an activating group) is 1. The van der Waals surface area contributed by atoms with Gasteiger partial charge in [0, 0.05) is 32.2 Å². The van der Waals surface area contributed by atoms with Crippen LogP contribution >= 0.6 is 0 Å². The second-order valence-corrected chi connectivity index (χ2v) is 5.83. The van der Waals surface area contributed by atoms with Crippen molar-refractivity contribution >= 4 is 5.97 Å². The molecule has 1 aliphatic heterocycles. The van der Waals surface area contributed by atoms with Crippen LogP contribution in [0.2, 0.25) is 0 Å². The number of carboxylic acid groups (broad SMARTS) is 1. The van der Waals surface area contributed by atoms with Gasteiger partial charge in [0.25, 0.3) is 0 Å². The molecule has 0 aromatic carbocycles. The van der Waals surface area contributed by atoms with Crippen molar-refractivity contribution in [3.63, 3.8) is 0 Å². The summed E-state index contributed by atoms with van der Waals surface area (Å²) in [5.74, 6) is -0.725. The van der Waals surface area contributed by atoms with E-state index in [1.807, 2.05) is 6.08 Å². The average molecular weight is 240 g/mol. The van der Waals surface area contributed by atoms with Gasteiger partial charge in [-0.1, -0.05) is 19.9 Å². The minimum Gasteiger partial charge on any atom is -0.481 e. The molecule has 1 heterocycles. The Labute approximate surface area is 104 Å². The molecule has 0 amide bonds. The molecular formula is C13H24N2O2. The Hall–Kier alpha value is -0.870. The van der Waals surface area contributed by atoms with E-state index in [-0.39, 0.29) is 17.9 Å². The Morgan fingerprint density at radius 2 is 2.18 bits per heavy atom. The second kappa shape index (κ2) is 5.65. The maximum Gasteiger partial charge on any atom is 0.304 e. The first-order valence-electron chi connectivity index (χ1n) is 6.09. The molecule has 0 aromatic rings. The summed E-state index contributed by atoms with van der Waals surface area (Å²) in [5, 5.41) is 8.99. The Kier molecular flexibility index (Phi) is 4.71. The zero-order chi connectivity index (χ0) is 13.1. The predicted molar refractivity (Wildman–Crippen MR) is 69.1 cm³/mol. The number of rotatable bonds is 4. The quantitative estimate of drug-likeness (QED) is 0.752. The van der Waals surface area contributed by atoms with Gasteiger partial charge in [0.2, 0.25) is 0 Å². The molecule has 1 aliphatic rings. The molecule has 1 N–H and O–H groups in total. The SMILES string of the molecule is C=CCN1CC(C)(C)CN(C)CC1CC(=O)O. The molecular weight excluding hydrogens is 216 g/mol. The Morgan fingerprint density at radius 1 is 1.53 bits per heavy atom. The normalized spacial score (nSPS) is 26.4. The van der Waals surface area contributed by atoms with Crippen LogP contribution in [0.4, 0.5) is 0 Å². The molecule has 1 saturated heterocycles. The average Bonchev–Trinajstić information content (AvgIpc) is 2.22. The van der Waals surface area contributed by atoms with E-state index in [1.54, 1.807) is 0 Å². The van der Waals surface area contributed by atoms with Gasteiger partial charge < -0.3 is 10.0 Å². The van der Waals surface area contributed by atoms with Crippen molar-refractivity contribution in [1.29, 1.82) is 0 Å². The highest BCUT2D eigenvalue weighted by molar-refractivity contribution is 5.67. The molecule has 0 bridgehead atoms. The largest absolute Gasteiger partial charge is 0.481 e. The molecule has 1 fully saturated rings. The summed E-state index contributed by atoms with van der Waals surface area (Å²) in [6.45, 7) is 11.7. The smallest absolute Gasteiger partial charge is 0.304 e. The molecule has 98 valence electrons. The summed E-state index contributed by atoms with van der Waals surface area (Å²) in [7, 11) is 2.06. The van der Waals surface area contributed by atoms with E-state index < -0.39 is 5.97 Å². The van der Waals surface area contributed by atoms with Gasteiger partial charge in [0.15, 0.2) is 0 Å². The number of aliphatic carboxylic acids is 1. The molecule has 1 rings (SSSR count). The molecule has 1 atom stereocenters. The minimum absolute atomic E-state index is 0.0808. The first-order chi connectivity index (χ1) is 7.84. The van der Waals surface area contributed by atoms with Gasteiger partial charge in [-0.25, -0.2) is 0 Å². The summed E-state index contributed by atoms with van der Waals surface area (Å²) in [5.41, 5.74) is 0.186. The lowest BCUT2D eigenvalue weighted by molar-refractivity contribution is -0.138. The van der Waals surface area contributed by atoms with E-state index in [0.29, 0.717) is 0 Å². The first kappa shape index (κ1) is 14.2. The van der Waals surface area contributed by atoms with Gasteiger partial charge in [-0.05, 0) is 12.5 Å². The topological polar surface area (TPSA) is 43.8 Å². The summed E-state index contributed by atoms with van der Waals surface area (Å²) in [4.78, 5) is 15.4. The van der Waals surface area contributed by atoms with Gasteiger partial charge in [-0.3, -0.25) is 9.69 Å². The van der Waals surface area contributed by atoms with Crippen molar-refractivity contribution in [2.24, 2.45) is 5.41 Å². The fraction of sp³-hybridized carbons (Fsp3) is 0.769. The van der Waals surface area contributed by atoms with Crippen molar-refractivity contribution < 1.29 is 9.90 Å². The number of hydrogen-bond donors (Lipinski definition) is 1.